The Kier molecular flexibility index (Phi) is 5.46. The molecule has 6 nitrogen and oxygen atoms in total. The van der Waals surface area contributed by atoms with Crippen molar-refractivity contribution in [2.75, 3.05) is 0 Å². The molecule has 0 saturated carbocycles. The Balaban J connectivity index is 2.04. The van der Waals surface area contributed by atoms with Crippen LogP contribution in [-0.4, -0.2) is 31.7 Å². The highest BCUT2D eigenvalue weighted by Gasteiger charge is 2.17. The van der Waals surface area contributed by atoms with E-state index < -0.39 is 11.9 Å². The van der Waals surface area contributed by atoms with Crippen LogP contribution in [-0.2, 0) is 13.0 Å². The molecule has 7 heteroatoms. The molecule has 0 atom stereocenters. The highest BCUT2D eigenvalue weighted by atomic mass is 35.5. The van der Waals surface area contributed by atoms with E-state index in [0.717, 1.165) is 36.3 Å². The Bertz CT molecular complexity index is 1010. The summed E-state index contributed by atoms with van der Waals surface area (Å²) in [6, 6.07) is 9.82. The van der Waals surface area contributed by atoms with E-state index in [1.54, 1.807) is 36.4 Å². The second-order valence-corrected chi connectivity index (χ2v) is 6.75. The fourth-order valence-corrected chi connectivity index (χ4v) is 3.25. The molecule has 0 radical (unpaired) electrons. The van der Waals surface area contributed by atoms with Crippen molar-refractivity contribution < 1.29 is 19.8 Å². The molecule has 0 unspecified atom stereocenters. The van der Waals surface area contributed by atoms with Crippen molar-refractivity contribution in [1.29, 1.82) is 0 Å². The maximum Gasteiger partial charge on any atom is 0.337 e. The molecule has 0 aliphatic carbocycles. The Morgan fingerprint density at radius 2 is 1.81 bits per heavy atom. The van der Waals surface area contributed by atoms with Gasteiger partial charge in [-0.1, -0.05) is 37.1 Å². The normalized spacial score (nSPS) is 11.0. The number of imidazole rings is 1. The van der Waals surface area contributed by atoms with E-state index in [2.05, 4.69) is 11.9 Å². The first-order chi connectivity index (χ1) is 12.9. The first kappa shape index (κ1) is 18.9. The number of aryl methyl sites for hydroxylation is 1. The minimum atomic E-state index is -1.07. The molecule has 3 aromatic rings. The zero-order valence-electron chi connectivity index (χ0n) is 14.8. The molecule has 2 aromatic carbocycles. The molecular formula is C20H19ClN2O4. The molecule has 0 fully saturated rings. The number of carboxylic acid groups (broad SMARTS) is 2. The number of nitrogens with zero attached hydrogens (tertiary/aromatic N) is 2. The summed E-state index contributed by atoms with van der Waals surface area (Å²) in [6.07, 6.45) is 2.44. The highest BCUT2D eigenvalue weighted by molar-refractivity contribution is 6.34. The third-order valence-electron chi connectivity index (χ3n) is 4.44. The molecule has 140 valence electrons. The summed E-state index contributed by atoms with van der Waals surface area (Å²) >= 11 is 6.09. The smallest absolute Gasteiger partial charge is 0.337 e. The van der Waals surface area contributed by atoms with Gasteiger partial charge < -0.3 is 14.8 Å². The number of benzene rings is 2. The lowest BCUT2D eigenvalue weighted by Gasteiger charge is -2.09. The van der Waals surface area contributed by atoms with Crippen molar-refractivity contribution in [3.05, 3.63) is 63.9 Å². The summed E-state index contributed by atoms with van der Waals surface area (Å²) in [4.78, 5) is 27.1. The van der Waals surface area contributed by atoms with Crippen LogP contribution < -0.4 is 0 Å². The van der Waals surface area contributed by atoms with E-state index in [4.69, 9.17) is 16.7 Å². The molecule has 0 aliphatic rings. The van der Waals surface area contributed by atoms with Gasteiger partial charge in [0.1, 0.15) is 5.82 Å². The van der Waals surface area contributed by atoms with Crippen LogP contribution in [0.15, 0.2) is 36.4 Å². The van der Waals surface area contributed by atoms with Crippen molar-refractivity contribution in [3.63, 3.8) is 0 Å². The number of halogens is 1. The standard InChI is InChI=1S/C20H19ClN2O4/c1-2-3-8-23-17-10-14(20(26)27)15(21)11-16(17)22-18(23)9-12-4-6-13(7-5-12)19(24)25/h4-7,10-11H,2-3,8-9H2,1H3,(H,24,25)(H,26,27). The number of carbonyl (C=O) groups is 2. The van der Waals surface area contributed by atoms with Crippen molar-refractivity contribution in [2.45, 2.75) is 32.7 Å². The van der Waals surface area contributed by atoms with Gasteiger partial charge in [-0.2, -0.15) is 0 Å². The molecule has 3 rings (SSSR count). The SMILES string of the molecule is CCCCn1c(Cc2ccc(C(=O)O)cc2)nc2cc(Cl)c(C(=O)O)cc21. The fraction of sp³-hybridized carbons (Fsp3) is 0.250. The maximum absolute atomic E-state index is 11.4. The number of hydrogen-bond acceptors (Lipinski definition) is 3. The van der Waals surface area contributed by atoms with Gasteiger partial charge in [-0.25, -0.2) is 14.6 Å². The van der Waals surface area contributed by atoms with E-state index in [0.29, 0.717) is 11.9 Å². The molecule has 0 saturated heterocycles. The molecule has 1 aromatic heterocycles. The zero-order chi connectivity index (χ0) is 19.6. The Morgan fingerprint density at radius 1 is 1.11 bits per heavy atom. The number of fused-ring (bicyclic) bond motifs is 1. The summed E-state index contributed by atoms with van der Waals surface area (Å²) in [7, 11) is 0. The lowest BCUT2D eigenvalue weighted by molar-refractivity contribution is 0.0686. The van der Waals surface area contributed by atoms with Gasteiger partial charge in [0, 0.05) is 13.0 Å². The number of carboxylic acids is 2. The average molecular weight is 387 g/mol. The molecule has 27 heavy (non-hydrogen) atoms. The molecule has 0 amide bonds. The largest absolute Gasteiger partial charge is 0.478 e. The Morgan fingerprint density at radius 3 is 2.41 bits per heavy atom. The van der Waals surface area contributed by atoms with Crippen molar-refractivity contribution in [2.24, 2.45) is 0 Å². The van der Waals surface area contributed by atoms with Gasteiger partial charge >= 0.3 is 11.9 Å². The summed E-state index contributed by atoms with van der Waals surface area (Å²) in [5, 5.41) is 18.5. The number of aromatic carboxylic acids is 2. The van der Waals surface area contributed by atoms with Gasteiger partial charge in [-0.3, -0.25) is 0 Å². The van der Waals surface area contributed by atoms with Gasteiger partial charge in [0.25, 0.3) is 0 Å². The van der Waals surface area contributed by atoms with E-state index >= 15 is 0 Å². The van der Waals surface area contributed by atoms with Crippen LogP contribution in [0, 0.1) is 0 Å². The quantitative estimate of drug-likeness (QED) is 0.624. The lowest BCUT2D eigenvalue weighted by atomic mass is 10.1. The molecule has 0 aliphatic heterocycles. The number of rotatable bonds is 7. The summed E-state index contributed by atoms with van der Waals surface area (Å²) in [5.41, 5.74) is 2.61. The van der Waals surface area contributed by atoms with E-state index in [9.17, 15) is 14.7 Å². The second kappa shape index (κ2) is 7.80. The van der Waals surface area contributed by atoms with E-state index in [1.165, 1.54) is 0 Å². The van der Waals surface area contributed by atoms with Crippen LogP contribution in [0.3, 0.4) is 0 Å². The molecular weight excluding hydrogens is 368 g/mol. The van der Waals surface area contributed by atoms with Crippen molar-refractivity contribution in [3.8, 4) is 0 Å². The first-order valence-electron chi connectivity index (χ1n) is 8.65. The topological polar surface area (TPSA) is 92.4 Å². The maximum atomic E-state index is 11.4. The predicted molar refractivity (Wildman–Crippen MR) is 103 cm³/mol. The third-order valence-corrected chi connectivity index (χ3v) is 4.76. The molecule has 0 spiro atoms. The Hall–Kier alpha value is -2.86. The van der Waals surface area contributed by atoms with Crippen LogP contribution in [0.5, 0.6) is 0 Å². The van der Waals surface area contributed by atoms with Gasteiger partial charge in [-0.05, 0) is 36.2 Å². The zero-order valence-corrected chi connectivity index (χ0v) is 15.5. The number of hydrogen-bond donors (Lipinski definition) is 2. The monoisotopic (exact) mass is 386 g/mol. The van der Waals surface area contributed by atoms with Crippen LogP contribution in [0.4, 0.5) is 0 Å². The minimum absolute atomic E-state index is 0.0548. The molecule has 2 N–H and O–H groups in total. The van der Waals surface area contributed by atoms with E-state index in [-0.39, 0.29) is 16.1 Å². The van der Waals surface area contributed by atoms with E-state index in [1.807, 2.05) is 4.57 Å². The van der Waals surface area contributed by atoms with Crippen molar-refractivity contribution >= 4 is 34.6 Å². The number of unbranched alkanes of at least 4 members (excludes halogenated alkanes) is 1. The van der Waals surface area contributed by atoms with Gasteiger partial charge in [-0.15, -0.1) is 0 Å². The van der Waals surface area contributed by atoms with Gasteiger partial charge in [0.2, 0.25) is 0 Å². The predicted octanol–water partition coefficient (Wildman–Crippen LogP) is 4.48. The summed E-state index contributed by atoms with van der Waals surface area (Å²) in [5.74, 6) is -1.25. The molecule has 0 bridgehead atoms. The minimum Gasteiger partial charge on any atom is -0.478 e. The second-order valence-electron chi connectivity index (χ2n) is 6.34. The summed E-state index contributed by atoms with van der Waals surface area (Å²) in [6.45, 7) is 2.80. The summed E-state index contributed by atoms with van der Waals surface area (Å²) < 4.78 is 2.02. The Labute approximate surface area is 161 Å². The highest BCUT2D eigenvalue weighted by Crippen LogP contribution is 2.26. The fourth-order valence-electron chi connectivity index (χ4n) is 3.01. The first-order valence-corrected chi connectivity index (χ1v) is 9.02. The molecule has 1 heterocycles. The van der Waals surface area contributed by atoms with Crippen LogP contribution in [0.1, 0.15) is 51.9 Å². The van der Waals surface area contributed by atoms with Crippen molar-refractivity contribution in [1.82, 2.24) is 9.55 Å². The average Bonchev–Trinajstić information content (AvgIpc) is 2.95. The van der Waals surface area contributed by atoms with Crippen LogP contribution in [0.25, 0.3) is 11.0 Å². The number of aromatic nitrogens is 2. The third kappa shape index (κ3) is 3.95. The van der Waals surface area contributed by atoms with Crippen LogP contribution >= 0.6 is 11.6 Å². The van der Waals surface area contributed by atoms with Crippen LogP contribution in [0.2, 0.25) is 5.02 Å². The lowest BCUT2D eigenvalue weighted by Crippen LogP contribution is -2.06. The van der Waals surface area contributed by atoms with Gasteiger partial charge in [0.05, 0.1) is 27.2 Å². The van der Waals surface area contributed by atoms with Gasteiger partial charge in [0.15, 0.2) is 0 Å².